The maximum absolute atomic E-state index is 6.07. The maximum Gasteiger partial charge on any atom is 0.140 e. The highest BCUT2D eigenvalue weighted by Crippen LogP contribution is 2.32. The Hall–Kier alpha value is -1.69. The Bertz CT molecular complexity index is 749. The predicted octanol–water partition coefficient (Wildman–Crippen LogP) is 4.49. The van der Waals surface area contributed by atoms with E-state index in [0.717, 1.165) is 16.4 Å². The molecule has 21 heavy (non-hydrogen) atoms. The third kappa shape index (κ3) is 3.32. The smallest absolute Gasteiger partial charge is 0.140 e. The molecule has 0 aliphatic carbocycles. The molecule has 0 amide bonds. The second kappa shape index (κ2) is 6.39. The van der Waals surface area contributed by atoms with Crippen LogP contribution in [-0.4, -0.2) is 15.0 Å². The highest BCUT2D eigenvalue weighted by molar-refractivity contribution is 7.09. The van der Waals surface area contributed by atoms with Gasteiger partial charge in [0.15, 0.2) is 0 Å². The summed E-state index contributed by atoms with van der Waals surface area (Å²) in [6, 6.07) is 5.27. The number of aromatic nitrogens is 3. The van der Waals surface area contributed by atoms with Crippen LogP contribution < -0.4 is 4.74 Å². The number of halogens is 2. The number of nitrogens with zero attached hydrogens (tertiary/aromatic N) is 3. The largest absolute Gasteiger partial charge is 0.485 e. The minimum Gasteiger partial charge on any atom is -0.485 e. The monoisotopic (exact) mass is 337 g/mol. The summed E-state index contributed by atoms with van der Waals surface area (Å²) in [5.41, 5.74) is 1.52. The zero-order valence-electron chi connectivity index (χ0n) is 10.7. The normalized spacial score (nSPS) is 10.6. The number of hydrogen-bond donors (Lipinski definition) is 0. The molecule has 0 bridgehead atoms. The zero-order valence-corrected chi connectivity index (χ0v) is 13.0. The Kier molecular flexibility index (Phi) is 4.34. The first-order valence-electron chi connectivity index (χ1n) is 6.01. The number of benzene rings is 1. The molecule has 1 aromatic carbocycles. The SMILES string of the molecule is Clc1cccc(OCc2nc(-c3cnccn3)cs2)c1Cl. The van der Waals surface area contributed by atoms with Crippen molar-refractivity contribution in [1.82, 2.24) is 15.0 Å². The summed E-state index contributed by atoms with van der Waals surface area (Å²) in [5.74, 6) is 0.542. The van der Waals surface area contributed by atoms with Crippen LogP contribution in [0.25, 0.3) is 11.4 Å². The zero-order chi connectivity index (χ0) is 14.7. The molecule has 4 nitrogen and oxygen atoms in total. The van der Waals surface area contributed by atoms with E-state index < -0.39 is 0 Å². The van der Waals surface area contributed by atoms with Gasteiger partial charge in [0.05, 0.1) is 11.2 Å². The number of ether oxygens (including phenoxy) is 1. The van der Waals surface area contributed by atoms with Crippen molar-refractivity contribution in [3.05, 3.63) is 57.2 Å². The molecule has 106 valence electrons. The van der Waals surface area contributed by atoms with E-state index in [1.165, 1.54) is 11.3 Å². The van der Waals surface area contributed by atoms with Crippen molar-refractivity contribution in [2.24, 2.45) is 0 Å². The Balaban J connectivity index is 1.72. The molecule has 2 heterocycles. The quantitative estimate of drug-likeness (QED) is 0.703. The van der Waals surface area contributed by atoms with Gasteiger partial charge in [-0.15, -0.1) is 11.3 Å². The van der Waals surface area contributed by atoms with Gasteiger partial charge in [-0.3, -0.25) is 9.97 Å². The fourth-order valence-electron chi connectivity index (χ4n) is 1.66. The molecule has 0 saturated heterocycles. The van der Waals surface area contributed by atoms with E-state index in [2.05, 4.69) is 15.0 Å². The van der Waals surface area contributed by atoms with Crippen molar-refractivity contribution >= 4 is 34.5 Å². The molecular formula is C14H9Cl2N3OS. The molecule has 2 aromatic heterocycles. The summed E-state index contributed by atoms with van der Waals surface area (Å²) in [6.07, 6.45) is 4.94. The third-order valence-electron chi connectivity index (χ3n) is 2.64. The molecule has 0 radical (unpaired) electrons. The molecule has 0 saturated carbocycles. The number of thiazole rings is 1. The fraction of sp³-hybridized carbons (Fsp3) is 0.0714. The maximum atomic E-state index is 6.07. The van der Waals surface area contributed by atoms with Crippen LogP contribution in [0, 0.1) is 0 Å². The lowest BCUT2D eigenvalue weighted by Crippen LogP contribution is -1.96. The molecule has 0 N–H and O–H groups in total. The van der Waals surface area contributed by atoms with E-state index >= 15 is 0 Å². The lowest BCUT2D eigenvalue weighted by molar-refractivity contribution is 0.306. The Morgan fingerprint density at radius 2 is 2.05 bits per heavy atom. The average molecular weight is 338 g/mol. The standard InChI is InChI=1S/C14H9Cl2N3OS/c15-9-2-1-3-12(14(9)16)20-7-13-19-11(8-21-13)10-6-17-4-5-18-10/h1-6,8H,7H2. The Morgan fingerprint density at radius 3 is 2.86 bits per heavy atom. The van der Waals surface area contributed by atoms with Crippen molar-refractivity contribution in [3.8, 4) is 17.1 Å². The Morgan fingerprint density at radius 1 is 1.14 bits per heavy atom. The summed E-state index contributed by atoms with van der Waals surface area (Å²) in [4.78, 5) is 12.7. The van der Waals surface area contributed by atoms with Crippen molar-refractivity contribution in [1.29, 1.82) is 0 Å². The molecule has 0 aliphatic heterocycles. The summed E-state index contributed by atoms with van der Waals surface area (Å²) in [7, 11) is 0. The van der Waals surface area contributed by atoms with Crippen molar-refractivity contribution in [2.45, 2.75) is 6.61 Å². The second-order valence-electron chi connectivity index (χ2n) is 4.06. The van der Waals surface area contributed by atoms with Crippen LogP contribution in [-0.2, 0) is 6.61 Å². The molecule has 3 aromatic rings. The van der Waals surface area contributed by atoms with Gasteiger partial charge >= 0.3 is 0 Å². The first-order chi connectivity index (χ1) is 10.2. The number of rotatable bonds is 4. The number of hydrogen-bond acceptors (Lipinski definition) is 5. The molecule has 3 rings (SSSR count). The summed E-state index contributed by atoms with van der Waals surface area (Å²) in [6.45, 7) is 0.324. The summed E-state index contributed by atoms with van der Waals surface area (Å²) in [5, 5.41) is 3.62. The van der Waals surface area contributed by atoms with Gasteiger partial charge in [0.25, 0.3) is 0 Å². The van der Waals surface area contributed by atoms with Gasteiger partial charge in [-0.2, -0.15) is 0 Å². The topological polar surface area (TPSA) is 47.9 Å². The van der Waals surface area contributed by atoms with E-state index in [1.54, 1.807) is 36.8 Å². The van der Waals surface area contributed by atoms with E-state index in [-0.39, 0.29) is 0 Å². The lowest BCUT2D eigenvalue weighted by Gasteiger charge is -2.06. The molecule has 0 unspecified atom stereocenters. The van der Waals surface area contributed by atoms with Crippen LogP contribution in [0.5, 0.6) is 5.75 Å². The molecule has 0 aliphatic rings. The van der Waals surface area contributed by atoms with Crippen LogP contribution in [0.4, 0.5) is 0 Å². The minimum atomic E-state index is 0.324. The summed E-state index contributed by atoms with van der Waals surface area (Å²) < 4.78 is 5.65. The lowest BCUT2D eigenvalue weighted by atomic mass is 10.3. The van der Waals surface area contributed by atoms with Gasteiger partial charge in [-0.25, -0.2) is 4.98 Å². The van der Waals surface area contributed by atoms with Crippen LogP contribution in [0.15, 0.2) is 42.2 Å². The van der Waals surface area contributed by atoms with Gasteiger partial charge in [-0.1, -0.05) is 29.3 Å². The molecule has 0 atom stereocenters. The molecule has 7 heteroatoms. The van der Waals surface area contributed by atoms with Crippen molar-refractivity contribution in [2.75, 3.05) is 0 Å². The van der Waals surface area contributed by atoms with Gasteiger partial charge in [-0.05, 0) is 12.1 Å². The predicted molar refractivity (Wildman–Crippen MR) is 83.9 cm³/mol. The van der Waals surface area contributed by atoms with Crippen LogP contribution in [0.1, 0.15) is 5.01 Å². The van der Waals surface area contributed by atoms with E-state index in [9.17, 15) is 0 Å². The van der Waals surface area contributed by atoms with Crippen LogP contribution >= 0.6 is 34.5 Å². The highest BCUT2D eigenvalue weighted by atomic mass is 35.5. The van der Waals surface area contributed by atoms with E-state index in [1.807, 2.05) is 5.38 Å². The molecule has 0 spiro atoms. The first kappa shape index (κ1) is 14.3. The van der Waals surface area contributed by atoms with Gasteiger partial charge in [0.1, 0.15) is 33.8 Å². The highest BCUT2D eigenvalue weighted by Gasteiger charge is 2.09. The average Bonchev–Trinajstić information content (AvgIpc) is 2.99. The van der Waals surface area contributed by atoms with Gasteiger partial charge < -0.3 is 4.74 Å². The van der Waals surface area contributed by atoms with E-state index in [0.29, 0.717) is 22.4 Å². The van der Waals surface area contributed by atoms with E-state index in [4.69, 9.17) is 27.9 Å². The third-order valence-corrected chi connectivity index (χ3v) is 4.27. The molecule has 0 fully saturated rings. The van der Waals surface area contributed by atoms with Crippen molar-refractivity contribution < 1.29 is 4.74 Å². The second-order valence-corrected chi connectivity index (χ2v) is 5.79. The van der Waals surface area contributed by atoms with Crippen LogP contribution in [0.3, 0.4) is 0 Å². The Labute approximate surface area is 135 Å². The summed E-state index contributed by atoms with van der Waals surface area (Å²) >= 11 is 13.5. The van der Waals surface area contributed by atoms with Gasteiger partial charge in [0.2, 0.25) is 0 Å². The first-order valence-corrected chi connectivity index (χ1v) is 7.65. The van der Waals surface area contributed by atoms with Gasteiger partial charge in [0, 0.05) is 17.8 Å². The van der Waals surface area contributed by atoms with Crippen LogP contribution in [0.2, 0.25) is 10.0 Å². The van der Waals surface area contributed by atoms with Crippen molar-refractivity contribution in [3.63, 3.8) is 0 Å². The minimum absolute atomic E-state index is 0.324. The molecular weight excluding hydrogens is 329 g/mol. The fourth-order valence-corrected chi connectivity index (χ4v) is 2.71.